The molecule has 1 N–H and O–H groups in total. The van der Waals surface area contributed by atoms with Crippen LogP contribution in [0.1, 0.15) is 56.7 Å². The summed E-state index contributed by atoms with van der Waals surface area (Å²) in [5.41, 5.74) is 0.156. The SMILES string of the molecule is CCCC1(CNC(C)c2ccccc2C(F)(F)F)CC1. The van der Waals surface area contributed by atoms with Crippen LogP contribution in [0.15, 0.2) is 24.3 Å². The third-order valence-corrected chi connectivity index (χ3v) is 4.25. The molecule has 0 saturated heterocycles. The first kappa shape index (κ1) is 15.4. The second-order valence-electron chi connectivity index (χ2n) is 5.94. The van der Waals surface area contributed by atoms with Crippen LogP contribution in [0.2, 0.25) is 0 Å². The number of hydrogen-bond donors (Lipinski definition) is 1. The average Bonchev–Trinajstić information content (AvgIpc) is 3.16. The van der Waals surface area contributed by atoms with E-state index in [0.29, 0.717) is 11.0 Å². The van der Waals surface area contributed by atoms with E-state index in [1.54, 1.807) is 12.1 Å². The smallest absolute Gasteiger partial charge is 0.310 e. The van der Waals surface area contributed by atoms with Crippen molar-refractivity contribution in [3.05, 3.63) is 35.4 Å². The number of hydrogen-bond acceptors (Lipinski definition) is 1. The normalized spacial score (nSPS) is 18.9. The Morgan fingerprint density at radius 3 is 2.45 bits per heavy atom. The molecular weight excluding hydrogens is 263 g/mol. The quantitative estimate of drug-likeness (QED) is 0.781. The molecule has 1 atom stereocenters. The molecule has 1 saturated carbocycles. The van der Waals surface area contributed by atoms with Crippen LogP contribution in [0.4, 0.5) is 13.2 Å². The molecule has 1 aromatic carbocycles. The van der Waals surface area contributed by atoms with Crippen molar-refractivity contribution in [2.75, 3.05) is 6.54 Å². The van der Waals surface area contributed by atoms with Gasteiger partial charge in [0.05, 0.1) is 5.56 Å². The van der Waals surface area contributed by atoms with E-state index in [-0.39, 0.29) is 6.04 Å². The Balaban J connectivity index is 2.04. The van der Waals surface area contributed by atoms with Gasteiger partial charge in [0.25, 0.3) is 0 Å². The van der Waals surface area contributed by atoms with Gasteiger partial charge in [0.15, 0.2) is 0 Å². The fourth-order valence-electron chi connectivity index (χ4n) is 2.83. The summed E-state index contributed by atoms with van der Waals surface area (Å²) in [5, 5.41) is 3.30. The molecular formula is C16H22F3N. The summed E-state index contributed by atoms with van der Waals surface area (Å²) in [6, 6.07) is 5.56. The minimum Gasteiger partial charge on any atom is -0.310 e. The van der Waals surface area contributed by atoms with Gasteiger partial charge in [-0.15, -0.1) is 0 Å². The molecule has 4 heteroatoms. The second kappa shape index (κ2) is 5.76. The molecule has 1 nitrogen and oxygen atoms in total. The Hall–Kier alpha value is -1.03. The van der Waals surface area contributed by atoms with E-state index in [1.807, 2.05) is 6.92 Å². The summed E-state index contributed by atoms with van der Waals surface area (Å²) < 4.78 is 39.0. The molecule has 1 aliphatic carbocycles. The van der Waals surface area contributed by atoms with E-state index in [1.165, 1.54) is 18.9 Å². The maximum atomic E-state index is 13.0. The second-order valence-corrected chi connectivity index (χ2v) is 5.94. The number of halogens is 3. The van der Waals surface area contributed by atoms with E-state index in [2.05, 4.69) is 12.2 Å². The van der Waals surface area contributed by atoms with Gasteiger partial charge < -0.3 is 5.32 Å². The Kier molecular flexibility index (Phi) is 4.43. The lowest BCUT2D eigenvalue weighted by Gasteiger charge is -2.22. The minimum absolute atomic E-state index is 0.276. The third kappa shape index (κ3) is 3.54. The predicted octanol–water partition coefficient (Wildman–Crippen LogP) is 4.94. The van der Waals surface area contributed by atoms with Gasteiger partial charge in [0, 0.05) is 12.6 Å². The minimum atomic E-state index is -4.28. The Morgan fingerprint density at radius 1 is 1.25 bits per heavy atom. The highest BCUT2D eigenvalue weighted by Crippen LogP contribution is 2.49. The third-order valence-electron chi connectivity index (χ3n) is 4.25. The van der Waals surface area contributed by atoms with Gasteiger partial charge >= 0.3 is 6.18 Å². The zero-order valence-electron chi connectivity index (χ0n) is 12.1. The highest BCUT2D eigenvalue weighted by molar-refractivity contribution is 5.32. The molecule has 0 bridgehead atoms. The summed E-state index contributed by atoms with van der Waals surface area (Å²) in [6.07, 6.45) is 0.402. The van der Waals surface area contributed by atoms with Crippen LogP contribution in [0.3, 0.4) is 0 Å². The van der Waals surface area contributed by atoms with E-state index < -0.39 is 11.7 Å². The van der Waals surface area contributed by atoms with Crippen LogP contribution in [0.5, 0.6) is 0 Å². The predicted molar refractivity (Wildman–Crippen MR) is 74.4 cm³/mol. The lowest BCUT2D eigenvalue weighted by atomic mass is 9.97. The standard InChI is InChI=1S/C16H22F3N/c1-3-8-15(9-10-15)11-20-12(2)13-6-4-5-7-14(13)16(17,18)19/h4-7,12,20H,3,8-11H2,1-2H3. The largest absolute Gasteiger partial charge is 0.416 e. The molecule has 0 aliphatic heterocycles. The van der Waals surface area contributed by atoms with Gasteiger partial charge in [0.2, 0.25) is 0 Å². The molecule has 0 spiro atoms. The van der Waals surface area contributed by atoms with Crippen molar-refractivity contribution in [2.24, 2.45) is 5.41 Å². The monoisotopic (exact) mass is 285 g/mol. The number of nitrogens with one attached hydrogen (secondary N) is 1. The topological polar surface area (TPSA) is 12.0 Å². The zero-order valence-corrected chi connectivity index (χ0v) is 12.1. The molecule has 1 fully saturated rings. The molecule has 1 aromatic rings. The molecule has 0 radical (unpaired) electrons. The van der Waals surface area contributed by atoms with Crippen LogP contribution in [-0.4, -0.2) is 6.54 Å². The molecule has 20 heavy (non-hydrogen) atoms. The summed E-state index contributed by atoms with van der Waals surface area (Å²) >= 11 is 0. The van der Waals surface area contributed by atoms with Crippen LogP contribution < -0.4 is 5.32 Å². The Morgan fingerprint density at radius 2 is 1.90 bits per heavy atom. The highest BCUT2D eigenvalue weighted by Gasteiger charge is 2.41. The van der Waals surface area contributed by atoms with Crippen molar-refractivity contribution in [2.45, 2.75) is 51.7 Å². The Bertz CT molecular complexity index is 449. The number of rotatable bonds is 6. The lowest BCUT2D eigenvalue weighted by molar-refractivity contribution is -0.138. The summed E-state index contributed by atoms with van der Waals surface area (Å²) in [6.45, 7) is 4.78. The summed E-state index contributed by atoms with van der Waals surface area (Å²) in [7, 11) is 0. The van der Waals surface area contributed by atoms with Crippen LogP contribution in [-0.2, 0) is 6.18 Å². The van der Waals surface area contributed by atoms with Gasteiger partial charge in [-0.3, -0.25) is 0 Å². The van der Waals surface area contributed by atoms with Gasteiger partial charge in [-0.1, -0.05) is 31.5 Å². The van der Waals surface area contributed by atoms with Crippen molar-refractivity contribution in [3.8, 4) is 0 Å². The average molecular weight is 285 g/mol. The lowest BCUT2D eigenvalue weighted by Crippen LogP contribution is -2.28. The zero-order chi connectivity index (χ0) is 14.8. The summed E-state index contributed by atoms with van der Waals surface area (Å²) in [5.74, 6) is 0. The van der Waals surface area contributed by atoms with E-state index >= 15 is 0 Å². The van der Waals surface area contributed by atoms with Crippen molar-refractivity contribution >= 4 is 0 Å². The molecule has 112 valence electrons. The first-order chi connectivity index (χ1) is 9.38. The molecule has 0 aromatic heterocycles. The van der Waals surface area contributed by atoms with Crippen molar-refractivity contribution < 1.29 is 13.2 Å². The molecule has 2 rings (SSSR count). The maximum Gasteiger partial charge on any atom is 0.416 e. The molecule has 0 heterocycles. The molecule has 1 unspecified atom stereocenters. The van der Waals surface area contributed by atoms with Crippen molar-refractivity contribution in [3.63, 3.8) is 0 Å². The van der Waals surface area contributed by atoms with Crippen LogP contribution in [0, 0.1) is 5.41 Å². The number of benzene rings is 1. The van der Waals surface area contributed by atoms with E-state index in [0.717, 1.165) is 25.5 Å². The van der Waals surface area contributed by atoms with E-state index in [9.17, 15) is 13.2 Å². The Labute approximate surface area is 118 Å². The van der Waals surface area contributed by atoms with Crippen LogP contribution in [0.25, 0.3) is 0 Å². The fourth-order valence-corrected chi connectivity index (χ4v) is 2.83. The highest BCUT2D eigenvalue weighted by atomic mass is 19.4. The van der Waals surface area contributed by atoms with Crippen molar-refractivity contribution in [1.29, 1.82) is 0 Å². The first-order valence-corrected chi connectivity index (χ1v) is 7.27. The van der Waals surface area contributed by atoms with Gasteiger partial charge in [-0.2, -0.15) is 13.2 Å². The van der Waals surface area contributed by atoms with Crippen LogP contribution >= 0.6 is 0 Å². The van der Waals surface area contributed by atoms with Gasteiger partial charge in [-0.25, -0.2) is 0 Å². The molecule has 0 amide bonds. The number of alkyl halides is 3. The maximum absolute atomic E-state index is 13.0. The van der Waals surface area contributed by atoms with Crippen molar-refractivity contribution in [1.82, 2.24) is 5.32 Å². The summed E-state index contributed by atoms with van der Waals surface area (Å²) in [4.78, 5) is 0. The molecule has 1 aliphatic rings. The van der Waals surface area contributed by atoms with Gasteiger partial charge in [-0.05, 0) is 43.2 Å². The fraction of sp³-hybridized carbons (Fsp3) is 0.625. The van der Waals surface area contributed by atoms with Gasteiger partial charge in [0.1, 0.15) is 0 Å². The first-order valence-electron chi connectivity index (χ1n) is 7.27. The van der Waals surface area contributed by atoms with E-state index in [4.69, 9.17) is 0 Å².